The maximum Gasteiger partial charge on any atom is 0.268 e. The highest BCUT2D eigenvalue weighted by Gasteiger charge is 2.21. The molecule has 0 bridgehead atoms. The molecule has 1 amide bonds. The third-order valence-electron chi connectivity index (χ3n) is 5.67. The van der Waals surface area contributed by atoms with Crippen molar-refractivity contribution in [1.29, 1.82) is 5.26 Å². The summed E-state index contributed by atoms with van der Waals surface area (Å²) in [5.74, 6) is -0.0343. The number of nitrogens with one attached hydrogen (secondary N) is 1. The van der Waals surface area contributed by atoms with Gasteiger partial charge in [0.2, 0.25) is 0 Å². The predicted molar refractivity (Wildman–Crippen MR) is 133 cm³/mol. The van der Waals surface area contributed by atoms with Crippen molar-refractivity contribution in [3.05, 3.63) is 87.8 Å². The largest absolute Gasteiger partial charge is 0.305 e. The number of fused-ring (bicyclic) bond motifs is 1. The van der Waals surface area contributed by atoms with Gasteiger partial charge in [-0.25, -0.2) is 14.4 Å². The second-order valence-corrected chi connectivity index (χ2v) is 9.09. The van der Waals surface area contributed by atoms with Crippen LogP contribution in [0.5, 0.6) is 0 Å². The molecule has 1 N–H and O–H groups in total. The first-order valence-corrected chi connectivity index (χ1v) is 11.6. The number of benzene rings is 2. The van der Waals surface area contributed by atoms with Crippen LogP contribution >= 0.6 is 11.3 Å². The molecule has 0 aliphatic rings. The number of carbonyl (C=O) groups excluding carboxylic acids is 1. The van der Waals surface area contributed by atoms with Gasteiger partial charge in [0.05, 0.1) is 17.4 Å². The van der Waals surface area contributed by atoms with E-state index in [1.54, 1.807) is 19.1 Å². The lowest BCUT2D eigenvalue weighted by Crippen LogP contribution is -2.16. The molecule has 7 nitrogen and oxygen atoms in total. The molecule has 9 heteroatoms. The fourth-order valence-corrected chi connectivity index (χ4v) is 4.83. The van der Waals surface area contributed by atoms with Crippen molar-refractivity contribution in [3.8, 4) is 22.5 Å². The fraction of sp³-hybridized carbons (Fsp3) is 0.115. The number of para-hydroxylation sites is 1. The first-order valence-electron chi connectivity index (χ1n) is 10.8. The fourth-order valence-electron chi connectivity index (χ4n) is 3.86. The molecular weight excluding hydrogens is 463 g/mol. The van der Waals surface area contributed by atoms with Gasteiger partial charge in [-0.15, -0.1) is 11.3 Å². The van der Waals surface area contributed by atoms with E-state index in [1.807, 2.05) is 38.1 Å². The van der Waals surface area contributed by atoms with E-state index in [0.29, 0.717) is 27.0 Å². The van der Waals surface area contributed by atoms with E-state index in [0.717, 1.165) is 22.0 Å². The molecule has 0 aliphatic heterocycles. The summed E-state index contributed by atoms with van der Waals surface area (Å²) in [6.07, 6.45) is 1.40. The Morgan fingerprint density at radius 1 is 1.09 bits per heavy atom. The Morgan fingerprint density at radius 2 is 1.86 bits per heavy atom. The molecule has 3 heterocycles. The zero-order chi connectivity index (χ0) is 24.7. The predicted octanol–water partition coefficient (Wildman–Crippen LogP) is 5.73. The second-order valence-electron chi connectivity index (χ2n) is 8.09. The molecular formula is C26H19FN6OS. The summed E-state index contributed by atoms with van der Waals surface area (Å²) >= 11 is 1.20. The topological polar surface area (TPSA) is 96.5 Å². The number of halogens is 1. The molecule has 0 radical (unpaired) electrons. The zero-order valence-corrected chi connectivity index (χ0v) is 19.9. The van der Waals surface area contributed by atoms with Crippen LogP contribution in [0.2, 0.25) is 0 Å². The van der Waals surface area contributed by atoms with Crippen LogP contribution < -0.4 is 5.32 Å². The maximum absolute atomic E-state index is 13.3. The van der Waals surface area contributed by atoms with Gasteiger partial charge in [-0.3, -0.25) is 4.79 Å². The van der Waals surface area contributed by atoms with Crippen molar-refractivity contribution in [2.45, 2.75) is 20.8 Å². The number of pyridine rings is 1. The summed E-state index contributed by atoms with van der Waals surface area (Å²) in [6.45, 7) is 5.70. The number of nitriles is 1. The number of aryl methyl sites for hydroxylation is 3. The summed E-state index contributed by atoms with van der Waals surface area (Å²) in [5.41, 5.74) is 4.31. The molecule has 0 unspecified atom stereocenters. The van der Waals surface area contributed by atoms with Gasteiger partial charge in [0.15, 0.2) is 11.6 Å². The molecule has 172 valence electrons. The molecule has 0 aliphatic carbocycles. The van der Waals surface area contributed by atoms with E-state index in [1.165, 1.54) is 34.3 Å². The lowest BCUT2D eigenvalue weighted by atomic mass is 10.1. The number of aromatic nitrogens is 4. The van der Waals surface area contributed by atoms with Crippen molar-refractivity contribution >= 4 is 34.0 Å². The minimum Gasteiger partial charge on any atom is -0.305 e. The molecule has 35 heavy (non-hydrogen) atoms. The highest BCUT2D eigenvalue weighted by atomic mass is 32.1. The van der Waals surface area contributed by atoms with Crippen molar-refractivity contribution in [2.24, 2.45) is 0 Å². The van der Waals surface area contributed by atoms with Gasteiger partial charge in [-0.05, 0) is 62.2 Å². The Balaban J connectivity index is 1.53. The smallest absolute Gasteiger partial charge is 0.268 e. The van der Waals surface area contributed by atoms with Crippen molar-refractivity contribution < 1.29 is 9.18 Å². The molecule has 3 aromatic heterocycles. The minimum atomic E-state index is -0.416. The molecule has 5 rings (SSSR count). The van der Waals surface area contributed by atoms with Crippen LogP contribution in [0.4, 0.5) is 10.2 Å². The first kappa shape index (κ1) is 22.4. The monoisotopic (exact) mass is 482 g/mol. The van der Waals surface area contributed by atoms with E-state index < -0.39 is 5.91 Å². The quantitative estimate of drug-likeness (QED) is 0.353. The third-order valence-corrected chi connectivity index (χ3v) is 6.87. The van der Waals surface area contributed by atoms with Crippen molar-refractivity contribution in [3.63, 3.8) is 0 Å². The summed E-state index contributed by atoms with van der Waals surface area (Å²) in [5, 5.41) is 18.4. The maximum atomic E-state index is 13.3. The molecule has 0 atom stereocenters. The number of hydrogen-bond acceptors (Lipinski definition) is 6. The molecule has 0 fully saturated rings. The highest BCUT2D eigenvalue weighted by molar-refractivity contribution is 7.17. The number of thiazole rings is 1. The van der Waals surface area contributed by atoms with Gasteiger partial charge in [-0.2, -0.15) is 15.0 Å². The lowest BCUT2D eigenvalue weighted by Gasteiger charge is -2.12. The number of rotatable bonds is 4. The minimum absolute atomic E-state index is 0.212. The van der Waals surface area contributed by atoms with Crippen LogP contribution in [-0.4, -0.2) is 25.7 Å². The Labute approximate surface area is 204 Å². The Bertz CT molecular complexity index is 1650. The highest BCUT2D eigenvalue weighted by Crippen LogP contribution is 2.30. The number of hydrogen-bond donors (Lipinski definition) is 1. The third kappa shape index (κ3) is 4.05. The van der Waals surface area contributed by atoms with E-state index in [-0.39, 0.29) is 17.2 Å². The molecule has 0 spiro atoms. The van der Waals surface area contributed by atoms with Crippen LogP contribution in [-0.2, 0) is 0 Å². The van der Waals surface area contributed by atoms with Crippen LogP contribution in [0.15, 0.2) is 54.7 Å². The van der Waals surface area contributed by atoms with Crippen LogP contribution in [0.1, 0.15) is 32.1 Å². The summed E-state index contributed by atoms with van der Waals surface area (Å²) < 4.78 is 14.8. The Hall–Kier alpha value is -4.42. The number of carbonyl (C=O) groups is 1. The SMILES string of the molecule is Cc1nc(-c2ccc(F)cc2)sc1C(=O)Nc1c(C#N)cnn1-c1cc(C)c2cccc(C)c2n1. The summed E-state index contributed by atoms with van der Waals surface area (Å²) in [7, 11) is 0. The van der Waals surface area contributed by atoms with Gasteiger partial charge >= 0.3 is 0 Å². The average molecular weight is 483 g/mol. The van der Waals surface area contributed by atoms with Crippen LogP contribution in [0.25, 0.3) is 27.3 Å². The van der Waals surface area contributed by atoms with E-state index >= 15 is 0 Å². The lowest BCUT2D eigenvalue weighted by molar-refractivity contribution is 0.102. The number of anilines is 1. The van der Waals surface area contributed by atoms with Crippen molar-refractivity contribution in [1.82, 2.24) is 19.7 Å². The van der Waals surface area contributed by atoms with Crippen molar-refractivity contribution in [2.75, 3.05) is 5.32 Å². The van der Waals surface area contributed by atoms with Gasteiger partial charge in [0.25, 0.3) is 5.91 Å². The number of amides is 1. The zero-order valence-electron chi connectivity index (χ0n) is 19.1. The Kier molecular flexibility index (Phi) is 5.59. The summed E-state index contributed by atoms with van der Waals surface area (Å²) in [6, 6.07) is 15.9. The van der Waals surface area contributed by atoms with Gasteiger partial charge in [-0.1, -0.05) is 18.2 Å². The van der Waals surface area contributed by atoms with Gasteiger partial charge in [0.1, 0.15) is 27.3 Å². The van der Waals surface area contributed by atoms with E-state index in [2.05, 4.69) is 21.5 Å². The molecule has 2 aromatic carbocycles. The second kappa shape index (κ2) is 8.74. The first-order chi connectivity index (χ1) is 16.9. The van der Waals surface area contributed by atoms with Gasteiger partial charge < -0.3 is 5.32 Å². The van der Waals surface area contributed by atoms with E-state index in [9.17, 15) is 14.4 Å². The van der Waals surface area contributed by atoms with E-state index in [4.69, 9.17) is 4.98 Å². The average Bonchev–Trinajstić information content (AvgIpc) is 3.43. The summed E-state index contributed by atoms with van der Waals surface area (Å²) in [4.78, 5) is 22.9. The van der Waals surface area contributed by atoms with Crippen LogP contribution in [0, 0.1) is 37.9 Å². The molecule has 0 saturated carbocycles. The van der Waals surface area contributed by atoms with Crippen LogP contribution in [0.3, 0.4) is 0 Å². The Morgan fingerprint density at radius 3 is 2.60 bits per heavy atom. The normalized spacial score (nSPS) is 10.9. The number of nitrogens with zero attached hydrogens (tertiary/aromatic N) is 5. The van der Waals surface area contributed by atoms with Gasteiger partial charge in [0, 0.05) is 10.9 Å². The molecule has 0 saturated heterocycles. The molecule has 5 aromatic rings. The standard InChI is InChI=1S/C26H19FN6OS/c1-14-5-4-6-20-15(2)11-21(31-22(14)20)33-24(18(12-28)13-29-33)32-25(34)23-16(3)30-26(35-23)17-7-9-19(27)10-8-17/h4-11,13H,1-3H3,(H,32,34).